The standard InChI is InChI=1S/C16H22N2O3/c1-2-20-14-9-13(16(14)6-3-7-16)17-15(19)11-8-12(21-18-11)10-4-5-10/h8,10,13-14H,2-7,9H2,1H3,(H,17,19). The Labute approximate surface area is 124 Å². The number of carbonyl (C=O) groups is 1. The summed E-state index contributed by atoms with van der Waals surface area (Å²) in [5.74, 6) is 1.25. The van der Waals surface area contributed by atoms with Crippen molar-refractivity contribution in [2.24, 2.45) is 5.41 Å². The van der Waals surface area contributed by atoms with Crippen LogP contribution in [0.4, 0.5) is 0 Å². The molecule has 2 atom stereocenters. The second kappa shape index (κ2) is 4.83. The Hall–Kier alpha value is -1.36. The molecular formula is C16H22N2O3. The van der Waals surface area contributed by atoms with Gasteiger partial charge in [0, 0.05) is 30.0 Å². The molecule has 3 aliphatic rings. The average Bonchev–Trinajstić information content (AvgIpc) is 3.13. The van der Waals surface area contributed by atoms with Gasteiger partial charge in [-0.25, -0.2) is 0 Å². The zero-order chi connectivity index (χ0) is 14.4. The molecule has 0 aromatic carbocycles. The Bertz CT molecular complexity index is 545. The summed E-state index contributed by atoms with van der Waals surface area (Å²) >= 11 is 0. The zero-order valence-corrected chi connectivity index (χ0v) is 12.4. The van der Waals surface area contributed by atoms with E-state index in [0.717, 1.165) is 44.5 Å². The lowest BCUT2D eigenvalue weighted by molar-refractivity contribution is -0.169. The summed E-state index contributed by atoms with van der Waals surface area (Å²) in [7, 11) is 0. The Balaban J connectivity index is 1.40. The molecule has 5 nitrogen and oxygen atoms in total. The van der Waals surface area contributed by atoms with E-state index in [1.54, 1.807) is 6.07 Å². The van der Waals surface area contributed by atoms with Gasteiger partial charge in [-0.3, -0.25) is 4.79 Å². The Morgan fingerprint density at radius 1 is 1.52 bits per heavy atom. The summed E-state index contributed by atoms with van der Waals surface area (Å²) in [5.41, 5.74) is 0.612. The molecule has 4 rings (SSSR count). The van der Waals surface area contributed by atoms with Crippen molar-refractivity contribution in [3.63, 3.8) is 0 Å². The zero-order valence-electron chi connectivity index (χ0n) is 12.4. The van der Waals surface area contributed by atoms with Gasteiger partial charge in [0.2, 0.25) is 0 Å². The van der Waals surface area contributed by atoms with Crippen molar-refractivity contribution in [1.29, 1.82) is 0 Å². The van der Waals surface area contributed by atoms with Crippen molar-refractivity contribution < 1.29 is 14.1 Å². The molecule has 2 unspecified atom stereocenters. The van der Waals surface area contributed by atoms with Gasteiger partial charge in [-0.1, -0.05) is 11.6 Å². The van der Waals surface area contributed by atoms with E-state index in [9.17, 15) is 4.79 Å². The number of nitrogens with zero attached hydrogens (tertiary/aromatic N) is 1. The summed E-state index contributed by atoms with van der Waals surface area (Å²) in [6.07, 6.45) is 7.11. The van der Waals surface area contributed by atoms with Crippen LogP contribution in [0, 0.1) is 5.41 Å². The molecule has 1 N–H and O–H groups in total. The summed E-state index contributed by atoms with van der Waals surface area (Å²) in [5, 5.41) is 7.06. The minimum absolute atomic E-state index is 0.100. The maximum absolute atomic E-state index is 12.3. The van der Waals surface area contributed by atoms with Gasteiger partial charge in [-0.05, 0) is 39.0 Å². The highest BCUT2D eigenvalue weighted by Crippen LogP contribution is 2.57. The van der Waals surface area contributed by atoms with E-state index in [1.807, 2.05) is 6.92 Å². The number of carbonyl (C=O) groups excluding carboxylic acids is 1. The highest BCUT2D eigenvalue weighted by Gasteiger charge is 2.59. The number of hydrogen-bond acceptors (Lipinski definition) is 4. The smallest absolute Gasteiger partial charge is 0.273 e. The van der Waals surface area contributed by atoms with Crippen molar-refractivity contribution in [3.8, 4) is 0 Å². The molecule has 114 valence electrons. The van der Waals surface area contributed by atoms with Gasteiger partial charge in [0.25, 0.3) is 5.91 Å². The van der Waals surface area contributed by atoms with Crippen molar-refractivity contribution in [3.05, 3.63) is 17.5 Å². The van der Waals surface area contributed by atoms with Crippen molar-refractivity contribution in [1.82, 2.24) is 10.5 Å². The monoisotopic (exact) mass is 290 g/mol. The number of hydrogen-bond donors (Lipinski definition) is 1. The van der Waals surface area contributed by atoms with Crippen LogP contribution < -0.4 is 5.32 Å². The minimum Gasteiger partial charge on any atom is -0.378 e. The molecular weight excluding hydrogens is 268 g/mol. The van der Waals surface area contributed by atoms with Gasteiger partial charge < -0.3 is 14.6 Å². The van der Waals surface area contributed by atoms with E-state index >= 15 is 0 Å². The van der Waals surface area contributed by atoms with Crippen molar-refractivity contribution in [2.45, 2.75) is 63.5 Å². The topological polar surface area (TPSA) is 64.4 Å². The van der Waals surface area contributed by atoms with Crippen molar-refractivity contribution in [2.75, 3.05) is 6.61 Å². The molecule has 1 spiro atoms. The third kappa shape index (κ3) is 2.09. The summed E-state index contributed by atoms with van der Waals surface area (Å²) in [6, 6.07) is 2.04. The maximum Gasteiger partial charge on any atom is 0.273 e. The molecule has 1 heterocycles. The predicted molar refractivity (Wildman–Crippen MR) is 76.0 cm³/mol. The van der Waals surface area contributed by atoms with E-state index < -0.39 is 0 Å². The molecule has 3 aliphatic carbocycles. The second-order valence-electron chi connectivity index (χ2n) is 6.68. The number of ether oxygens (including phenoxy) is 1. The first-order valence-electron chi connectivity index (χ1n) is 8.12. The van der Waals surface area contributed by atoms with Gasteiger partial charge >= 0.3 is 0 Å². The quantitative estimate of drug-likeness (QED) is 0.905. The third-order valence-electron chi connectivity index (χ3n) is 5.48. The molecule has 0 radical (unpaired) electrons. The molecule has 3 fully saturated rings. The molecule has 1 aromatic rings. The first-order chi connectivity index (χ1) is 10.2. The summed E-state index contributed by atoms with van der Waals surface area (Å²) in [4.78, 5) is 12.3. The fourth-order valence-corrected chi connectivity index (χ4v) is 3.83. The highest BCUT2D eigenvalue weighted by atomic mass is 16.5. The highest BCUT2D eigenvalue weighted by molar-refractivity contribution is 5.92. The Morgan fingerprint density at radius 3 is 2.95 bits per heavy atom. The molecule has 3 saturated carbocycles. The van der Waals surface area contributed by atoms with Crippen LogP contribution in [0.25, 0.3) is 0 Å². The van der Waals surface area contributed by atoms with Crippen LogP contribution in [0.15, 0.2) is 10.6 Å². The van der Waals surface area contributed by atoms with E-state index in [2.05, 4.69) is 10.5 Å². The molecule has 0 saturated heterocycles. The lowest BCUT2D eigenvalue weighted by Gasteiger charge is -2.60. The van der Waals surface area contributed by atoms with Gasteiger partial charge in [0.1, 0.15) is 5.76 Å². The number of aromatic nitrogens is 1. The van der Waals surface area contributed by atoms with Crippen LogP contribution in [0.5, 0.6) is 0 Å². The van der Waals surface area contributed by atoms with Crippen LogP contribution in [0.1, 0.15) is 67.6 Å². The summed E-state index contributed by atoms with van der Waals surface area (Å²) < 4.78 is 11.1. The van der Waals surface area contributed by atoms with Crippen LogP contribution in [0.3, 0.4) is 0 Å². The first kappa shape index (κ1) is 13.3. The molecule has 1 amide bonds. The number of rotatable bonds is 5. The minimum atomic E-state index is -0.100. The van der Waals surface area contributed by atoms with Gasteiger partial charge in [-0.15, -0.1) is 0 Å². The average molecular weight is 290 g/mol. The Kier molecular flexibility index (Phi) is 3.06. The van der Waals surface area contributed by atoms with E-state index in [1.165, 1.54) is 6.42 Å². The van der Waals surface area contributed by atoms with Crippen LogP contribution in [0.2, 0.25) is 0 Å². The van der Waals surface area contributed by atoms with Gasteiger partial charge in [-0.2, -0.15) is 0 Å². The second-order valence-corrected chi connectivity index (χ2v) is 6.68. The first-order valence-corrected chi connectivity index (χ1v) is 8.12. The lowest BCUT2D eigenvalue weighted by Crippen LogP contribution is -2.67. The lowest BCUT2D eigenvalue weighted by atomic mass is 9.51. The number of amides is 1. The van der Waals surface area contributed by atoms with Gasteiger partial charge in [0.05, 0.1) is 6.10 Å². The largest absolute Gasteiger partial charge is 0.378 e. The number of nitrogens with one attached hydrogen (secondary N) is 1. The molecule has 0 aliphatic heterocycles. The van der Waals surface area contributed by atoms with Crippen LogP contribution in [-0.2, 0) is 4.74 Å². The van der Waals surface area contributed by atoms with E-state index in [0.29, 0.717) is 17.7 Å². The fourth-order valence-electron chi connectivity index (χ4n) is 3.83. The van der Waals surface area contributed by atoms with Crippen LogP contribution >= 0.6 is 0 Å². The SMILES string of the molecule is CCOC1CC(NC(=O)c2cc(C3CC3)on2)C12CCC2. The summed E-state index contributed by atoms with van der Waals surface area (Å²) in [6.45, 7) is 2.79. The molecule has 21 heavy (non-hydrogen) atoms. The normalized spacial score (nSPS) is 29.8. The molecule has 1 aromatic heterocycles. The maximum atomic E-state index is 12.3. The predicted octanol–water partition coefficient (Wildman–Crippen LogP) is 2.63. The van der Waals surface area contributed by atoms with E-state index in [4.69, 9.17) is 9.26 Å². The van der Waals surface area contributed by atoms with Crippen molar-refractivity contribution >= 4 is 5.91 Å². The molecule has 5 heteroatoms. The van der Waals surface area contributed by atoms with Crippen LogP contribution in [-0.4, -0.2) is 29.8 Å². The Morgan fingerprint density at radius 2 is 2.33 bits per heavy atom. The third-order valence-corrected chi connectivity index (χ3v) is 5.48. The molecule has 0 bridgehead atoms. The van der Waals surface area contributed by atoms with Gasteiger partial charge in [0.15, 0.2) is 5.69 Å². The fraction of sp³-hybridized carbons (Fsp3) is 0.750. The van der Waals surface area contributed by atoms with E-state index in [-0.39, 0.29) is 17.4 Å².